The molecule has 0 saturated carbocycles. The molecule has 3 aromatic rings. The number of benzene rings is 2. The van der Waals surface area contributed by atoms with Gasteiger partial charge >= 0.3 is 0 Å². The van der Waals surface area contributed by atoms with Gasteiger partial charge in [0.05, 0.1) is 23.6 Å². The van der Waals surface area contributed by atoms with Crippen LogP contribution in [0.5, 0.6) is 0 Å². The first-order valence-corrected chi connectivity index (χ1v) is 9.68. The number of rotatable bonds is 6. The molecule has 0 atom stereocenters. The number of nitrogen functional groups attached to an aromatic ring is 1. The van der Waals surface area contributed by atoms with Gasteiger partial charge in [0, 0.05) is 25.2 Å². The summed E-state index contributed by atoms with van der Waals surface area (Å²) in [6.07, 6.45) is 2.40. The predicted octanol–water partition coefficient (Wildman–Crippen LogP) is 4.16. The van der Waals surface area contributed by atoms with Crippen LogP contribution < -0.4 is 11.1 Å². The molecular formula is C23H25N3O2. The summed E-state index contributed by atoms with van der Waals surface area (Å²) in [6, 6.07) is 17.9. The van der Waals surface area contributed by atoms with E-state index in [-0.39, 0.29) is 11.8 Å². The third-order valence-corrected chi connectivity index (χ3v) is 5.31. The lowest BCUT2D eigenvalue weighted by Crippen LogP contribution is -2.51. The highest BCUT2D eigenvalue weighted by Crippen LogP contribution is 2.35. The molecule has 0 aliphatic carbocycles. The Morgan fingerprint density at radius 1 is 1.14 bits per heavy atom. The molecule has 1 aromatic heterocycles. The Morgan fingerprint density at radius 2 is 1.93 bits per heavy atom. The number of furan rings is 1. The highest BCUT2D eigenvalue weighted by Gasteiger charge is 2.33. The molecule has 0 spiro atoms. The number of nitrogens with two attached hydrogens (primary N) is 1. The van der Waals surface area contributed by atoms with Crippen LogP contribution in [0.2, 0.25) is 0 Å². The number of carbonyl (C=O) groups excluding carboxylic acids is 1. The van der Waals surface area contributed by atoms with Crippen LogP contribution in [0.25, 0.3) is 11.3 Å². The molecule has 1 aliphatic rings. The zero-order valence-corrected chi connectivity index (χ0v) is 16.0. The van der Waals surface area contributed by atoms with Gasteiger partial charge in [0.2, 0.25) is 5.91 Å². The van der Waals surface area contributed by atoms with E-state index >= 15 is 0 Å². The van der Waals surface area contributed by atoms with Crippen LogP contribution in [0.1, 0.15) is 18.1 Å². The van der Waals surface area contributed by atoms with E-state index in [1.807, 2.05) is 42.5 Å². The van der Waals surface area contributed by atoms with Gasteiger partial charge in [-0.1, -0.05) is 37.3 Å². The summed E-state index contributed by atoms with van der Waals surface area (Å²) in [4.78, 5) is 15.1. The molecular weight excluding hydrogens is 350 g/mol. The van der Waals surface area contributed by atoms with Crippen molar-refractivity contribution in [3.8, 4) is 11.3 Å². The van der Waals surface area contributed by atoms with Gasteiger partial charge in [-0.2, -0.15) is 0 Å². The van der Waals surface area contributed by atoms with Crippen molar-refractivity contribution in [2.24, 2.45) is 5.92 Å². The van der Waals surface area contributed by atoms with Gasteiger partial charge in [0.15, 0.2) is 0 Å². The van der Waals surface area contributed by atoms with E-state index in [1.165, 1.54) is 5.56 Å². The molecule has 144 valence electrons. The summed E-state index contributed by atoms with van der Waals surface area (Å²) in [6.45, 7) is 4.46. The summed E-state index contributed by atoms with van der Waals surface area (Å²) in [5, 5.41) is 3.09. The molecule has 3 N–H and O–H groups in total. The number of carbonyl (C=O) groups is 1. The highest BCUT2D eigenvalue weighted by atomic mass is 16.3. The maximum absolute atomic E-state index is 12.8. The number of anilines is 2. The second-order valence-corrected chi connectivity index (χ2v) is 7.25. The molecule has 4 rings (SSSR count). The van der Waals surface area contributed by atoms with Crippen LogP contribution in [-0.4, -0.2) is 23.9 Å². The van der Waals surface area contributed by atoms with Gasteiger partial charge in [-0.3, -0.25) is 9.69 Å². The van der Waals surface area contributed by atoms with Crippen LogP contribution in [0, 0.1) is 5.92 Å². The van der Waals surface area contributed by atoms with Gasteiger partial charge in [-0.25, -0.2) is 0 Å². The molecule has 0 radical (unpaired) electrons. The summed E-state index contributed by atoms with van der Waals surface area (Å²) in [7, 11) is 0. The van der Waals surface area contributed by atoms with Gasteiger partial charge in [-0.05, 0) is 41.8 Å². The number of nitrogens with zero attached hydrogens (tertiary/aromatic N) is 1. The maximum Gasteiger partial charge on any atom is 0.230 e. The topological polar surface area (TPSA) is 71.5 Å². The number of hydrogen-bond acceptors (Lipinski definition) is 4. The summed E-state index contributed by atoms with van der Waals surface area (Å²) >= 11 is 0. The van der Waals surface area contributed by atoms with E-state index in [0.717, 1.165) is 42.9 Å². The molecule has 2 heterocycles. The van der Waals surface area contributed by atoms with Gasteiger partial charge in [0.1, 0.15) is 5.76 Å². The number of nitrogens with one attached hydrogen (secondary N) is 1. The average Bonchev–Trinajstić information content (AvgIpc) is 3.21. The van der Waals surface area contributed by atoms with E-state index in [4.69, 9.17) is 10.2 Å². The van der Waals surface area contributed by atoms with Crippen molar-refractivity contribution in [2.45, 2.75) is 19.9 Å². The third-order valence-electron chi connectivity index (χ3n) is 5.31. The Hall–Kier alpha value is -3.05. The van der Waals surface area contributed by atoms with E-state index < -0.39 is 0 Å². The predicted molar refractivity (Wildman–Crippen MR) is 112 cm³/mol. The fraction of sp³-hybridized carbons (Fsp3) is 0.261. The normalized spacial score (nSPS) is 14.6. The minimum Gasteiger partial charge on any atom is -0.464 e. The molecule has 5 heteroatoms. The van der Waals surface area contributed by atoms with Crippen molar-refractivity contribution < 1.29 is 9.21 Å². The Morgan fingerprint density at radius 3 is 2.61 bits per heavy atom. The molecule has 2 aromatic carbocycles. The number of hydrogen-bond donors (Lipinski definition) is 2. The lowest BCUT2D eigenvalue weighted by Gasteiger charge is -2.38. The van der Waals surface area contributed by atoms with Crippen molar-refractivity contribution >= 4 is 17.3 Å². The Balaban J connectivity index is 1.44. The largest absolute Gasteiger partial charge is 0.464 e. The Bertz CT molecular complexity index is 945. The van der Waals surface area contributed by atoms with E-state index in [9.17, 15) is 4.79 Å². The zero-order valence-electron chi connectivity index (χ0n) is 16.0. The Kier molecular flexibility index (Phi) is 5.17. The van der Waals surface area contributed by atoms with Crippen LogP contribution in [-0.2, 0) is 17.8 Å². The van der Waals surface area contributed by atoms with Gasteiger partial charge in [0.25, 0.3) is 0 Å². The van der Waals surface area contributed by atoms with Crippen molar-refractivity contribution in [2.75, 3.05) is 24.1 Å². The molecule has 1 saturated heterocycles. The quantitative estimate of drug-likeness (QED) is 0.635. The van der Waals surface area contributed by atoms with E-state index in [0.29, 0.717) is 11.4 Å². The molecule has 1 amide bonds. The van der Waals surface area contributed by atoms with Crippen LogP contribution in [0.3, 0.4) is 0 Å². The maximum atomic E-state index is 12.8. The first-order chi connectivity index (χ1) is 13.7. The third kappa shape index (κ3) is 3.66. The van der Waals surface area contributed by atoms with Crippen LogP contribution >= 0.6 is 0 Å². The summed E-state index contributed by atoms with van der Waals surface area (Å²) < 4.78 is 5.55. The van der Waals surface area contributed by atoms with Crippen molar-refractivity contribution in [1.82, 2.24) is 4.90 Å². The minimum absolute atomic E-state index is 0.0138. The second kappa shape index (κ2) is 7.90. The van der Waals surface area contributed by atoms with Crippen molar-refractivity contribution in [1.29, 1.82) is 0 Å². The second-order valence-electron chi connectivity index (χ2n) is 7.25. The van der Waals surface area contributed by atoms with Gasteiger partial charge in [-0.15, -0.1) is 0 Å². The summed E-state index contributed by atoms with van der Waals surface area (Å²) in [5.41, 5.74) is 10.7. The van der Waals surface area contributed by atoms with Crippen molar-refractivity contribution in [3.63, 3.8) is 0 Å². The number of likely N-dealkylation sites (tertiary alicyclic amines) is 1. The molecule has 1 fully saturated rings. The standard InChI is InChI=1S/C23H25N3O2/c1-2-18-19(21-9-6-12-28-21)10-11-20(24)22(18)25-23(27)17-14-26(15-17)13-16-7-4-3-5-8-16/h3-12,17H,2,13-15,24H2,1H3,(H,25,27). The van der Waals surface area contributed by atoms with E-state index in [2.05, 4.69) is 29.3 Å². The molecule has 0 bridgehead atoms. The molecule has 0 unspecified atom stereocenters. The zero-order chi connectivity index (χ0) is 19.5. The minimum atomic E-state index is -0.0138. The van der Waals surface area contributed by atoms with Crippen LogP contribution in [0.4, 0.5) is 11.4 Å². The fourth-order valence-corrected chi connectivity index (χ4v) is 3.78. The number of amides is 1. The molecule has 1 aliphatic heterocycles. The fourth-order valence-electron chi connectivity index (χ4n) is 3.78. The lowest BCUT2D eigenvalue weighted by atomic mass is 9.96. The first-order valence-electron chi connectivity index (χ1n) is 9.68. The summed E-state index contributed by atoms with van der Waals surface area (Å²) in [5.74, 6) is 0.799. The van der Waals surface area contributed by atoms with Gasteiger partial charge < -0.3 is 15.5 Å². The van der Waals surface area contributed by atoms with Crippen molar-refractivity contribution in [3.05, 3.63) is 72.0 Å². The smallest absolute Gasteiger partial charge is 0.230 e. The molecule has 28 heavy (non-hydrogen) atoms. The first kappa shape index (κ1) is 18.3. The Labute approximate surface area is 165 Å². The average molecular weight is 375 g/mol. The van der Waals surface area contributed by atoms with E-state index in [1.54, 1.807) is 6.26 Å². The lowest BCUT2D eigenvalue weighted by molar-refractivity contribution is -0.125. The molecule has 5 nitrogen and oxygen atoms in total. The SMILES string of the molecule is CCc1c(-c2ccco2)ccc(N)c1NC(=O)C1CN(Cc2ccccc2)C1. The highest BCUT2D eigenvalue weighted by molar-refractivity contribution is 5.98. The monoisotopic (exact) mass is 375 g/mol. The van der Waals surface area contributed by atoms with Crippen LogP contribution in [0.15, 0.2) is 65.3 Å².